The van der Waals surface area contributed by atoms with Gasteiger partial charge in [0.1, 0.15) is 11.6 Å². The monoisotopic (exact) mass is 244 g/mol. The molecule has 0 saturated carbocycles. The molecule has 3 fully saturated rings. The summed E-state index contributed by atoms with van der Waals surface area (Å²) >= 11 is 0. The number of carbonyl (C=O) groups is 2. The van der Waals surface area contributed by atoms with E-state index in [1.165, 1.54) is 0 Å². The Morgan fingerprint density at radius 2 is 2.06 bits per heavy atom. The molecular weight excluding hydrogens is 228 g/mol. The van der Waals surface area contributed by atoms with Gasteiger partial charge in [0.15, 0.2) is 0 Å². The molecule has 1 N–H and O–H groups in total. The van der Waals surface area contributed by atoms with Gasteiger partial charge in [0.05, 0.1) is 0 Å². The summed E-state index contributed by atoms with van der Waals surface area (Å²) in [6.45, 7) is 2.34. The highest BCUT2D eigenvalue weighted by molar-refractivity contribution is 6.01. The molecule has 4 nitrogen and oxygen atoms in total. The zero-order chi connectivity index (χ0) is 12.8. The van der Waals surface area contributed by atoms with E-state index in [0.29, 0.717) is 6.54 Å². The fraction of sp³-hybridized carbons (Fsp3) is 0.429. The van der Waals surface area contributed by atoms with Gasteiger partial charge in [-0.3, -0.25) is 9.59 Å². The van der Waals surface area contributed by atoms with Crippen LogP contribution in [-0.4, -0.2) is 28.3 Å². The summed E-state index contributed by atoms with van der Waals surface area (Å²) in [6.07, 6.45) is 1.51. The number of piperidine rings is 2. The lowest BCUT2D eigenvalue weighted by atomic mass is 9.81. The van der Waals surface area contributed by atoms with Crippen molar-refractivity contribution in [1.29, 1.82) is 0 Å². The van der Waals surface area contributed by atoms with Crippen molar-refractivity contribution in [3.63, 3.8) is 0 Å². The molecule has 3 aliphatic rings. The zero-order valence-corrected chi connectivity index (χ0v) is 10.3. The fourth-order valence-corrected chi connectivity index (χ4v) is 2.85. The molecule has 2 bridgehead atoms. The minimum Gasteiger partial charge on any atom is -0.340 e. The highest BCUT2D eigenvalue weighted by Crippen LogP contribution is 2.33. The third kappa shape index (κ3) is 1.60. The number of carbonyl (C=O) groups excluding carboxylic acids is 2. The van der Waals surface area contributed by atoms with E-state index in [1.54, 1.807) is 4.90 Å². The van der Waals surface area contributed by atoms with Crippen molar-refractivity contribution in [1.82, 2.24) is 10.2 Å². The van der Waals surface area contributed by atoms with Crippen LogP contribution >= 0.6 is 0 Å². The maximum atomic E-state index is 12.4. The van der Waals surface area contributed by atoms with Gasteiger partial charge >= 0.3 is 0 Å². The van der Waals surface area contributed by atoms with Gasteiger partial charge in [-0.05, 0) is 25.3 Å². The molecule has 3 aliphatic heterocycles. The molecule has 2 atom stereocenters. The van der Waals surface area contributed by atoms with Gasteiger partial charge in [-0.15, -0.1) is 0 Å². The van der Waals surface area contributed by atoms with Crippen molar-refractivity contribution >= 4 is 11.8 Å². The van der Waals surface area contributed by atoms with Crippen molar-refractivity contribution in [2.24, 2.45) is 0 Å². The molecule has 0 spiro atoms. The van der Waals surface area contributed by atoms with Crippen LogP contribution in [0, 0.1) is 0 Å². The lowest BCUT2D eigenvalue weighted by molar-refractivity contribution is -0.161. The van der Waals surface area contributed by atoms with Crippen LogP contribution in [0.2, 0.25) is 0 Å². The first-order chi connectivity index (χ1) is 8.60. The van der Waals surface area contributed by atoms with E-state index in [1.807, 2.05) is 37.3 Å². The first kappa shape index (κ1) is 11.3. The Bertz CT molecular complexity index is 500. The third-order valence-corrected chi connectivity index (χ3v) is 3.92. The molecular formula is C14H16N2O2. The van der Waals surface area contributed by atoms with Crippen LogP contribution in [0.15, 0.2) is 30.3 Å². The van der Waals surface area contributed by atoms with E-state index in [4.69, 9.17) is 0 Å². The second-order valence-corrected chi connectivity index (χ2v) is 5.29. The molecule has 0 aromatic heterocycles. The summed E-state index contributed by atoms with van der Waals surface area (Å²) in [4.78, 5) is 26.0. The Labute approximate surface area is 106 Å². The van der Waals surface area contributed by atoms with Crippen LogP contribution in [0.5, 0.6) is 0 Å². The van der Waals surface area contributed by atoms with E-state index >= 15 is 0 Å². The number of hydrogen-bond acceptors (Lipinski definition) is 2. The Morgan fingerprint density at radius 1 is 1.33 bits per heavy atom. The van der Waals surface area contributed by atoms with Gasteiger partial charge in [-0.2, -0.15) is 0 Å². The van der Waals surface area contributed by atoms with E-state index in [-0.39, 0.29) is 17.9 Å². The zero-order valence-electron chi connectivity index (χ0n) is 10.3. The molecule has 94 valence electrons. The van der Waals surface area contributed by atoms with E-state index in [0.717, 1.165) is 18.4 Å². The molecule has 4 heteroatoms. The summed E-state index contributed by atoms with van der Waals surface area (Å²) < 4.78 is 0. The Hall–Kier alpha value is -1.84. The van der Waals surface area contributed by atoms with Gasteiger partial charge < -0.3 is 10.2 Å². The van der Waals surface area contributed by atoms with E-state index in [2.05, 4.69) is 5.32 Å². The smallest absolute Gasteiger partial charge is 0.249 e. The molecule has 2 unspecified atom stereocenters. The Balaban J connectivity index is 1.88. The minimum absolute atomic E-state index is 0.0146. The standard InChI is InChI=1S/C14H16N2O2/c1-14-8-7-11(12(17)15-14)16(13(14)18)9-10-5-3-2-4-6-10/h2-6,11H,7-9H2,1H3,(H,15,17). The van der Waals surface area contributed by atoms with Crippen molar-refractivity contribution < 1.29 is 9.59 Å². The lowest BCUT2D eigenvalue weighted by Crippen LogP contribution is -2.72. The van der Waals surface area contributed by atoms with Crippen LogP contribution in [0.3, 0.4) is 0 Å². The van der Waals surface area contributed by atoms with Gasteiger partial charge in [0, 0.05) is 6.54 Å². The molecule has 18 heavy (non-hydrogen) atoms. The Morgan fingerprint density at radius 3 is 2.72 bits per heavy atom. The minimum atomic E-state index is -0.694. The van der Waals surface area contributed by atoms with Crippen LogP contribution in [0.4, 0.5) is 0 Å². The topological polar surface area (TPSA) is 49.4 Å². The second-order valence-electron chi connectivity index (χ2n) is 5.29. The first-order valence-electron chi connectivity index (χ1n) is 6.27. The van der Waals surface area contributed by atoms with Gasteiger partial charge in [0.2, 0.25) is 11.8 Å². The highest BCUT2D eigenvalue weighted by Gasteiger charge is 2.52. The number of amides is 2. The third-order valence-electron chi connectivity index (χ3n) is 3.92. The first-order valence-corrected chi connectivity index (χ1v) is 6.27. The van der Waals surface area contributed by atoms with Crippen LogP contribution in [0.1, 0.15) is 25.3 Å². The maximum Gasteiger partial charge on any atom is 0.249 e. The van der Waals surface area contributed by atoms with Crippen LogP contribution < -0.4 is 5.32 Å². The number of hydrogen-bond donors (Lipinski definition) is 1. The van der Waals surface area contributed by atoms with E-state index < -0.39 is 5.54 Å². The second kappa shape index (κ2) is 3.83. The predicted octanol–water partition coefficient (Wildman–Crippen LogP) is 1.07. The lowest BCUT2D eigenvalue weighted by Gasteiger charge is -2.49. The van der Waals surface area contributed by atoms with Crippen molar-refractivity contribution in [3.8, 4) is 0 Å². The summed E-state index contributed by atoms with van der Waals surface area (Å²) in [5.74, 6) is 0.0292. The Kier molecular flexibility index (Phi) is 2.40. The average molecular weight is 244 g/mol. The number of nitrogens with one attached hydrogen (secondary N) is 1. The summed E-state index contributed by atoms with van der Waals surface area (Å²) in [7, 11) is 0. The number of fused-ring (bicyclic) bond motifs is 3. The number of rotatable bonds is 2. The molecule has 4 rings (SSSR count). The SMILES string of the molecule is CC12CCC(C(=O)N1)N(Cc1ccccc1)C2=O. The number of piperazine rings is 1. The summed E-state index contributed by atoms with van der Waals surface area (Å²) in [5.41, 5.74) is 0.371. The van der Waals surface area contributed by atoms with Gasteiger partial charge in [-0.25, -0.2) is 0 Å². The van der Waals surface area contributed by atoms with Crippen molar-refractivity contribution in [2.45, 2.75) is 37.9 Å². The molecule has 2 amide bonds. The van der Waals surface area contributed by atoms with Crippen molar-refractivity contribution in [3.05, 3.63) is 35.9 Å². The van der Waals surface area contributed by atoms with Crippen LogP contribution in [-0.2, 0) is 16.1 Å². The van der Waals surface area contributed by atoms with Crippen molar-refractivity contribution in [2.75, 3.05) is 0 Å². The predicted molar refractivity (Wildman–Crippen MR) is 66.6 cm³/mol. The molecule has 1 aromatic carbocycles. The summed E-state index contributed by atoms with van der Waals surface area (Å²) in [6, 6.07) is 9.51. The molecule has 3 saturated heterocycles. The quantitative estimate of drug-likeness (QED) is 0.846. The highest BCUT2D eigenvalue weighted by atomic mass is 16.2. The van der Waals surface area contributed by atoms with Gasteiger partial charge in [0.25, 0.3) is 0 Å². The largest absolute Gasteiger partial charge is 0.340 e. The molecule has 3 heterocycles. The van der Waals surface area contributed by atoms with E-state index in [9.17, 15) is 9.59 Å². The fourth-order valence-electron chi connectivity index (χ4n) is 2.85. The van der Waals surface area contributed by atoms with Gasteiger partial charge in [-0.1, -0.05) is 30.3 Å². The number of nitrogens with zero attached hydrogens (tertiary/aromatic N) is 1. The van der Waals surface area contributed by atoms with Crippen LogP contribution in [0.25, 0.3) is 0 Å². The average Bonchev–Trinajstić information content (AvgIpc) is 2.36. The molecule has 0 radical (unpaired) electrons. The maximum absolute atomic E-state index is 12.4. The summed E-state index contributed by atoms with van der Waals surface area (Å²) in [5, 5.41) is 2.83. The molecule has 1 aromatic rings. The normalized spacial score (nSPS) is 30.5. The number of benzene rings is 1. The molecule has 0 aliphatic carbocycles.